The summed E-state index contributed by atoms with van der Waals surface area (Å²) in [4.78, 5) is 32.0. The smallest absolute Gasteiger partial charge is 0.253 e. The first kappa shape index (κ1) is 15.9. The number of fused-ring (bicyclic) bond motifs is 1. The van der Waals surface area contributed by atoms with Crippen molar-refractivity contribution in [3.63, 3.8) is 0 Å². The van der Waals surface area contributed by atoms with Crippen LogP contribution in [0.3, 0.4) is 0 Å². The van der Waals surface area contributed by atoms with Gasteiger partial charge in [0.2, 0.25) is 0 Å². The number of thiazole rings is 1. The Balaban J connectivity index is 1.76. The third-order valence-electron chi connectivity index (χ3n) is 4.37. The number of likely N-dealkylation sites (N-methyl/N-ethyl adjacent to an activating group) is 1. The summed E-state index contributed by atoms with van der Waals surface area (Å²) in [6.07, 6.45) is 4.94. The fourth-order valence-corrected chi connectivity index (χ4v) is 4.19. The lowest BCUT2D eigenvalue weighted by molar-refractivity contribution is 0.0782. The van der Waals surface area contributed by atoms with Gasteiger partial charge in [-0.05, 0) is 32.3 Å². The van der Waals surface area contributed by atoms with Crippen molar-refractivity contribution in [2.75, 3.05) is 13.6 Å². The highest BCUT2D eigenvalue weighted by atomic mass is 32.1. The van der Waals surface area contributed by atoms with Crippen LogP contribution in [0, 0.1) is 6.92 Å². The topological polar surface area (TPSA) is 55.2 Å². The Kier molecular flexibility index (Phi) is 4.35. The SMILES string of the molecule is Cc1nc2c(s1)CCC[C@@H]2CN(C)C(=O)c1ccn(C)c(=O)c1. The van der Waals surface area contributed by atoms with Crippen LogP contribution in [0.25, 0.3) is 0 Å². The van der Waals surface area contributed by atoms with E-state index in [1.165, 1.54) is 21.2 Å². The maximum absolute atomic E-state index is 12.6. The van der Waals surface area contributed by atoms with Crippen molar-refractivity contribution in [3.8, 4) is 0 Å². The molecule has 0 saturated heterocycles. The number of hydrogen-bond donors (Lipinski definition) is 0. The van der Waals surface area contributed by atoms with E-state index in [0.29, 0.717) is 18.0 Å². The largest absolute Gasteiger partial charge is 0.341 e. The van der Waals surface area contributed by atoms with Gasteiger partial charge in [0, 0.05) is 49.3 Å². The summed E-state index contributed by atoms with van der Waals surface area (Å²) in [7, 11) is 3.47. The third-order valence-corrected chi connectivity index (χ3v) is 5.42. The van der Waals surface area contributed by atoms with E-state index in [0.717, 1.165) is 24.3 Å². The molecule has 0 aromatic carbocycles. The van der Waals surface area contributed by atoms with E-state index in [1.54, 1.807) is 42.6 Å². The molecule has 2 aromatic heterocycles. The van der Waals surface area contributed by atoms with Gasteiger partial charge in [-0.15, -0.1) is 11.3 Å². The van der Waals surface area contributed by atoms with E-state index in [9.17, 15) is 9.59 Å². The highest BCUT2D eigenvalue weighted by Gasteiger charge is 2.26. The second-order valence-corrected chi connectivity index (χ2v) is 7.47. The number of aryl methyl sites for hydroxylation is 3. The van der Waals surface area contributed by atoms with E-state index in [-0.39, 0.29) is 11.5 Å². The Morgan fingerprint density at radius 3 is 3.04 bits per heavy atom. The zero-order valence-electron chi connectivity index (χ0n) is 13.7. The minimum absolute atomic E-state index is 0.109. The molecule has 0 spiro atoms. The van der Waals surface area contributed by atoms with Crippen LogP contribution in [0.4, 0.5) is 0 Å². The number of aromatic nitrogens is 2. The second-order valence-electron chi connectivity index (χ2n) is 6.18. The first-order chi connectivity index (χ1) is 11.0. The predicted molar refractivity (Wildman–Crippen MR) is 91.2 cm³/mol. The number of carbonyl (C=O) groups is 1. The van der Waals surface area contributed by atoms with E-state index in [1.807, 2.05) is 6.92 Å². The lowest BCUT2D eigenvalue weighted by Crippen LogP contribution is -2.33. The summed E-state index contributed by atoms with van der Waals surface area (Å²) in [6.45, 7) is 2.68. The van der Waals surface area contributed by atoms with Gasteiger partial charge in [0.25, 0.3) is 11.5 Å². The molecule has 1 aliphatic rings. The normalized spacial score (nSPS) is 16.9. The number of hydrogen-bond acceptors (Lipinski definition) is 4. The maximum atomic E-state index is 12.6. The lowest BCUT2D eigenvalue weighted by atomic mass is 9.90. The van der Waals surface area contributed by atoms with Crippen molar-refractivity contribution in [2.45, 2.75) is 32.1 Å². The number of carbonyl (C=O) groups excluding carboxylic acids is 1. The van der Waals surface area contributed by atoms with Crippen molar-refractivity contribution in [1.29, 1.82) is 0 Å². The van der Waals surface area contributed by atoms with Crippen LogP contribution in [-0.4, -0.2) is 34.0 Å². The molecule has 0 bridgehead atoms. The minimum Gasteiger partial charge on any atom is -0.341 e. The van der Waals surface area contributed by atoms with Gasteiger partial charge in [0.05, 0.1) is 10.7 Å². The highest BCUT2D eigenvalue weighted by molar-refractivity contribution is 7.11. The standard InChI is InChI=1S/C17H21N3O2S/c1-11-18-16-13(5-4-6-14(16)23-11)10-20(3)17(22)12-7-8-19(2)15(21)9-12/h7-9,13H,4-6,10H2,1-3H3/t13-/m1/s1. The fourth-order valence-electron chi connectivity index (χ4n) is 3.12. The van der Waals surface area contributed by atoms with Crippen molar-refractivity contribution in [3.05, 3.63) is 49.8 Å². The number of rotatable bonds is 3. The van der Waals surface area contributed by atoms with Gasteiger partial charge in [0.1, 0.15) is 0 Å². The van der Waals surface area contributed by atoms with Crippen molar-refractivity contribution in [2.24, 2.45) is 7.05 Å². The molecule has 0 saturated carbocycles. The molecule has 2 heterocycles. The molecular weight excluding hydrogens is 310 g/mol. The van der Waals surface area contributed by atoms with Gasteiger partial charge in [-0.25, -0.2) is 4.98 Å². The first-order valence-corrected chi connectivity index (χ1v) is 8.65. The lowest BCUT2D eigenvalue weighted by Gasteiger charge is -2.26. The molecule has 2 aromatic rings. The van der Waals surface area contributed by atoms with E-state index in [2.05, 4.69) is 4.98 Å². The van der Waals surface area contributed by atoms with Gasteiger partial charge in [-0.3, -0.25) is 9.59 Å². The monoisotopic (exact) mass is 331 g/mol. The molecule has 1 atom stereocenters. The van der Waals surface area contributed by atoms with E-state index >= 15 is 0 Å². The Morgan fingerprint density at radius 1 is 1.52 bits per heavy atom. The van der Waals surface area contributed by atoms with Gasteiger partial charge in [-0.1, -0.05) is 0 Å². The average Bonchev–Trinajstić information content (AvgIpc) is 2.90. The zero-order valence-corrected chi connectivity index (χ0v) is 14.5. The molecule has 0 unspecified atom stereocenters. The molecule has 1 amide bonds. The minimum atomic E-state index is -0.167. The number of nitrogens with zero attached hydrogens (tertiary/aromatic N) is 3. The Labute approximate surface area is 139 Å². The van der Waals surface area contributed by atoms with Crippen LogP contribution in [0.2, 0.25) is 0 Å². The zero-order chi connectivity index (χ0) is 16.6. The summed E-state index contributed by atoms with van der Waals surface area (Å²) in [5.74, 6) is 0.186. The average molecular weight is 331 g/mol. The van der Waals surface area contributed by atoms with Gasteiger partial charge < -0.3 is 9.47 Å². The summed E-state index contributed by atoms with van der Waals surface area (Å²) in [5.41, 5.74) is 1.45. The van der Waals surface area contributed by atoms with Crippen LogP contribution in [0.5, 0.6) is 0 Å². The Bertz CT molecular complexity index is 793. The van der Waals surface area contributed by atoms with Crippen LogP contribution in [0.1, 0.15) is 44.7 Å². The van der Waals surface area contributed by atoms with Gasteiger partial charge in [0.15, 0.2) is 0 Å². The molecule has 5 nitrogen and oxygen atoms in total. The summed E-state index contributed by atoms with van der Waals surface area (Å²) in [6, 6.07) is 3.09. The molecule has 0 fully saturated rings. The second kappa shape index (κ2) is 6.28. The molecular formula is C17H21N3O2S. The quantitative estimate of drug-likeness (QED) is 0.867. The summed E-state index contributed by atoms with van der Waals surface area (Å²) >= 11 is 1.77. The molecule has 0 aliphatic heterocycles. The van der Waals surface area contributed by atoms with Crippen molar-refractivity contribution < 1.29 is 4.79 Å². The predicted octanol–water partition coefficient (Wildman–Crippen LogP) is 2.34. The highest BCUT2D eigenvalue weighted by Crippen LogP contribution is 2.35. The van der Waals surface area contributed by atoms with Crippen LogP contribution < -0.4 is 5.56 Å². The first-order valence-electron chi connectivity index (χ1n) is 7.84. The number of pyridine rings is 1. The van der Waals surface area contributed by atoms with Crippen LogP contribution >= 0.6 is 11.3 Å². The Hall–Kier alpha value is -1.95. The van der Waals surface area contributed by atoms with Crippen molar-refractivity contribution in [1.82, 2.24) is 14.5 Å². The molecule has 122 valence electrons. The van der Waals surface area contributed by atoms with E-state index in [4.69, 9.17) is 0 Å². The fraction of sp³-hybridized carbons (Fsp3) is 0.471. The molecule has 23 heavy (non-hydrogen) atoms. The summed E-state index contributed by atoms with van der Waals surface area (Å²) < 4.78 is 1.46. The van der Waals surface area contributed by atoms with Crippen LogP contribution in [-0.2, 0) is 13.5 Å². The van der Waals surface area contributed by atoms with E-state index < -0.39 is 0 Å². The molecule has 3 rings (SSSR count). The van der Waals surface area contributed by atoms with Crippen LogP contribution in [0.15, 0.2) is 23.1 Å². The number of amides is 1. The third kappa shape index (κ3) is 3.22. The Morgan fingerprint density at radius 2 is 2.30 bits per heavy atom. The van der Waals surface area contributed by atoms with Gasteiger partial charge in [-0.2, -0.15) is 0 Å². The van der Waals surface area contributed by atoms with Crippen molar-refractivity contribution >= 4 is 17.2 Å². The molecule has 0 radical (unpaired) electrons. The maximum Gasteiger partial charge on any atom is 0.253 e. The van der Waals surface area contributed by atoms with Gasteiger partial charge >= 0.3 is 0 Å². The summed E-state index contributed by atoms with van der Waals surface area (Å²) in [5, 5.41) is 1.10. The molecule has 1 aliphatic carbocycles. The molecule has 0 N–H and O–H groups in total. The molecule has 6 heteroatoms.